The van der Waals surface area contributed by atoms with Crippen molar-refractivity contribution in [3.8, 4) is 0 Å². The summed E-state index contributed by atoms with van der Waals surface area (Å²) in [4.78, 5) is 13.5. The first-order chi connectivity index (χ1) is 7.24. The van der Waals surface area contributed by atoms with Crippen LogP contribution in [0.1, 0.15) is 18.6 Å². The molecular formula is C10H11N3O2. The van der Waals surface area contributed by atoms with E-state index in [0.717, 1.165) is 5.56 Å². The molecule has 5 nitrogen and oxygen atoms in total. The van der Waals surface area contributed by atoms with Crippen molar-refractivity contribution < 1.29 is 9.53 Å². The van der Waals surface area contributed by atoms with Crippen LogP contribution in [0.25, 0.3) is 10.4 Å². The van der Waals surface area contributed by atoms with Gasteiger partial charge in [0.25, 0.3) is 0 Å². The van der Waals surface area contributed by atoms with Crippen molar-refractivity contribution in [3.05, 3.63) is 46.3 Å². The molecule has 1 atom stereocenters. The van der Waals surface area contributed by atoms with Gasteiger partial charge in [0.15, 0.2) is 0 Å². The number of hydrogen-bond acceptors (Lipinski definition) is 3. The van der Waals surface area contributed by atoms with Gasteiger partial charge in [0, 0.05) is 11.8 Å². The van der Waals surface area contributed by atoms with Gasteiger partial charge in [0.05, 0.1) is 6.54 Å². The molecule has 0 aliphatic carbocycles. The fraction of sp³-hybridized carbons (Fsp3) is 0.300. The molecule has 0 fully saturated rings. The van der Waals surface area contributed by atoms with Gasteiger partial charge >= 0.3 is 5.97 Å². The molecular weight excluding hydrogens is 194 g/mol. The molecule has 0 aliphatic rings. The third kappa shape index (κ3) is 3.70. The zero-order valence-corrected chi connectivity index (χ0v) is 8.33. The number of esters is 1. The molecule has 15 heavy (non-hydrogen) atoms. The number of hydrogen-bond donors (Lipinski definition) is 0. The first-order valence-corrected chi connectivity index (χ1v) is 4.47. The normalized spacial score (nSPS) is 11.3. The van der Waals surface area contributed by atoms with E-state index in [1.165, 1.54) is 6.92 Å². The topological polar surface area (TPSA) is 75.1 Å². The first-order valence-electron chi connectivity index (χ1n) is 4.47. The number of nitrogens with zero attached hydrogens (tertiary/aromatic N) is 3. The smallest absolute Gasteiger partial charge is 0.303 e. The van der Waals surface area contributed by atoms with Crippen LogP contribution in [0.4, 0.5) is 0 Å². The molecule has 0 aromatic heterocycles. The fourth-order valence-corrected chi connectivity index (χ4v) is 1.19. The van der Waals surface area contributed by atoms with Crippen LogP contribution >= 0.6 is 0 Å². The summed E-state index contributed by atoms with van der Waals surface area (Å²) in [5.74, 6) is -0.392. The summed E-state index contributed by atoms with van der Waals surface area (Å²) < 4.78 is 5.03. The summed E-state index contributed by atoms with van der Waals surface area (Å²) in [7, 11) is 0. The molecule has 5 heteroatoms. The van der Waals surface area contributed by atoms with Gasteiger partial charge in [-0.05, 0) is 11.1 Å². The Kier molecular flexibility index (Phi) is 4.19. The Hall–Kier alpha value is -2.00. The fourth-order valence-electron chi connectivity index (χ4n) is 1.19. The van der Waals surface area contributed by atoms with Crippen LogP contribution in [0.5, 0.6) is 0 Å². The predicted octanol–water partition coefficient (Wildman–Crippen LogP) is 2.60. The highest BCUT2D eigenvalue weighted by Crippen LogP contribution is 2.17. The highest BCUT2D eigenvalue weighted by Gasteiger charge is 2.12. The van der Waals surface area contributed by atoms with Gasteiger partial charge in [0.2, 0.25) is 0 Å². The number of carbonyl (C=O) groups is 1. The quantitative estimate of drug-likeness (QED) is 0.328. The van der Waals surface area contributed by atoms with Crippen LogP contribution in [-0.2, 0) is 9.53 Å². The van der Waals surface area contributed by atoms with Crippen molar-refractivity contribution in [2.24, 2.45) is 5.11 Å². The molecule has 0 spiro atoms. The molecule has 0 heterocycles. The van der Waals surface area contributed by atoms with Gasteiger partial charge in [0.1, 0.15) is 6.10 Å². The minimum Gasteiger partial charge on any atom is -0.458 e. The summed E-state index contributed by atoms with van der Waals surface area (Å²) in [6.45, 7) is 1.44. The van der Waals surface area contributed by atoms with Crippen molar-refractivity contribution in [1.82, 2.24) is 0 Å². The summed E-state index contributed by atoms with van der Waals surface area (Å²) >= 11 is 0. The Bertz CT molecular complexity index is 368. The second-order valence-electron chi connectivity index (χ2n) is 2.92. The van der Waals surface area contributed by atoms with E-state index in [1.807, 2.05) is 30.3 Å². The Morgan fingerprint density at radius 3 is 2.73 bits per heavy atom. The Morgan fingerprint density at radius 1 is 1.53 bits per heavy atom. The monoisotopic (exact) mass is 205 g/mol. The number of rotatable bonds is 4. The molecule has 0 amide bonds. The number of benzene rings is 1. The minimum absolute atomic E-state index is 0.111. The van der Waals surface area contributed by atoms with E-state index >= 15 is 0 Å². The van der Waals surface area contributed by atoms with Gasteiger partial charge in [-0.1, -0.05) is 35.4 Å². The largest absolute Gasteiger partial charge is 0.458 e. The minimum atomic E-state index is -0.500. The van der Waals surface area contributed by atoms with E-state index < -0.39 is 12.1 Å². The van der Waals surface area contributed by atoms with Crippen molar-refractivity contribution in [3.63, 3.8) is 0 Å². The maximum Gasteiger partial charge on any atom is 0.303 e. The molecule has 0 saturated carbocycles. The van der Waals surface area contributed by atoms with Crippen LogP contribution in [0.15, 0.2) is 35.4 Å². The molecule has 0 radical (unpaired) electrons. The maximum atomic E-state index is 10.8. The molecule has 0 saturated heterocycles. The lowest BCUT2D eigenvalue weighted by Crippen LogP contribution is -2.11. The average Bonchev–Trinajstić information content (AvgIpc) is 2.25. The first kappa shape index (κ1) is 11.1. The third-order valence-corrected chi connectivity index (χ3v) is 1.79. The zero-order chi connectivity index (χ0) is 11.1. The summed E-state index contributed by atoms with van der Waals surface area (Å²) in [6, 6.07) is 9.17. The SMILES string of the molecule is CC(=O)O[C@H](CN=[N+]=[N-])c1ccccc1. The van der Waals surface area contributed by atoms with E-state index in [4.69, 9.17) is 10.3 Å². The molecule has 1 aromatic rings. The maximum absolute atomic E-state index is 10.8. The van der Waals surface area contributed by atoms with Crippen LogP contribution in [0.2, 0.25) is 0 Å². The average molecular weight is 205 g/mol. The molecule has 78 valence electrons. The molecule has 0 N–H and O–H groups in total. The lowest BCUT2D eigenvalue weighted by Gasteiger charge is -2.14. The summed E-state index contributed by atoms with van der Waals surface area (Å²) in [5.41, 5.74) is 9.03. The standard InChI is InChI=1S/C10H11N3O2/c1-8(14)15-10(7-12-13-11)9-5-3-2-4-6-9/h2-6,10H,7H2,1H3/t10-/m1/s1. The third-order valence-electron chi connectivity index (χ3n) is 1.79. The van der Waals surface area contributed by atoms with Gasteiger partial charge in [-0.15, -0.1) is 0 Å². The molecule has 0 bridgehead atoms. The van der Waals surface area contributed by atoms with E-state index in [-0.39, 0.29) is 6.54 Å². The summed E-state index contributed by atoms with van der Waals surface area (Å²) in [5, 5.41) is 3.40. The van der Waals surface area contributed by atoms with Crippen molar-refractivity contribution in [2.75, 3.05) is 6.54 Å². The number of ether oxygens (including phenoxy) is 1. The molecule has 0 unspecified atom stereocenters. The highest BCUT2D eigenvalue weighted by atomic mass is 16.5. The number of azide groups is 1. The van der Waals surface area contributed by atoms with Crippen LogP contribution in [0, 0.1) is 0 Å². The zero-order valence-electron chi connectivity index (χ0n) is 8.33. The van der Waals surface area contributed by atoms with Crippen LogP contribution in [0.3, 0.4) is 0 Å². The lowest BCUT2D eigenvalue weighted by molar-refractivity contribution is -0.146. The Balaban J connectivity index is 2.80. The lowest BCUT2D eigenvalue weighted by atomic mass is 10.1. The van der Waals surface area contributed by atoms with Crippen molar-refractivity contribution in [1.29, 1.82) is 0 Å². The van der Waals surface area contributed by atoms with Gasteiger partial charge in [-0.3, -0.25) is 4.79 Å². The number of carbonyl (C=O) groups excluding carboxylic acids is 1. The molecule has 1 rings (SSSR count). The Labute approximate surface area is 87.3 Å². The highest BCUT2D eigenvalue weighted by molar-refractivity contribution is 5.66. The van der Waals surface area contributed by atoms with E-state index in [0.29, 0.717) is 0 Å². The van der Waals surface area contributed by atoms with Gasteiger partial charge < -0.3 is 4.74 Å². The van der Waals surface area contributed by atoms with Crippen molar-refractivity contribution >= 4 is 5.97 Å². The van der Waals surface area contributed by atoms with Crippen LogP contribution < -0.4 is 0 Å². The van der Waals surface area contributed by atoms with E-state index in [2.05, 4.69) is 10.0 Å². The van der Waals surface area contributed by atoms with Gasteiger partial charge in [-0.2, -0.15) is 0 Å². The van der Waals surface area contributed by atoms with Crippen molar-refractivity contribution in [2.45, 2.75) is 13.0 Å². The van der Waals surface area contributed by atoms with Gasteiger partial charge in [-0.25, -0.2) is 0 Å². The molecule has 0 aliphatic heterocycles. The van der Waals surface area contributed by atoms with E-state index in [1.54, 1.807) is 0 Å². The predicted molar refractivity (Wildman–Crippen MR) is 55.0 cm³/mol. The van der Waals surface area contributed by atoms with E-state index in [9.17, 15) is 4.79 Å². The molecule has 1 aromatic carbocycles. The Morgan fingerprint density at radius 2 is 2.20 bits per heavy atom. The van der Waals surface area contributed by atoms with Crippen LogP contribution in [-0.4, -0.2) is 12.5 Å². The second-order valence-corrected chi connectivity index (χ2v) is 2.92. The second kappa shape index (κ2) is 5.67. The summed E-state index contributed by atoms with van der Waals surface area (Å²) in [6.07, 6.45) is -0.500.